The lowest BCUT2D eigenvalue weighted by atomic mass is 9.93. The zero-order valence-electron chi connectivity index (χ0n) is 15.6. The van der Waals surface area contributed by atoms with Crippen LogP contribution >= 0.6 is 0 Å². The average Bonchev–Trinajstić information content (AvgIpc) is 3.15. The molecular formula is C21H21FN4O2. The van der Waals surface area contributed by atoms with Crippen molar-refractivity contribution in [1.29, 1.82) is 0 Å². The molecule has 28 heavy (non-hydrogen) atoms. The Morgan fingerprint density at radius 3 is 2.61 bits per heavy atom. The number of nitrogens with zero attached hydrogens (tertiary/aromatic N) is 4. The number of hydrogen-bond donors (Lipinski definition) is 0. The van der Waals surface area contributed by atoms with Gasteiger partial charge in [-0.05, 0) is 50.1 Å². The van der Waals surface area contributed by atoms with Crippen molar-refractivity contribution in [3.05, 3.63) is 48.7 Å². The molecule has 1 saturated carbocycles. The SMILES string of the molecule is CCOc1nccc(-c2c(-c3ccc(F)cc3)ncn2C2CCC(=O)CC2)n1. The van der Waals surface area contributed by atoms with E-state index in [2.05, 4.69) is 19.5 Å². The molecule has 1 aliphatic rings. The molecule has 2 aromatic heterocycles. The number of Topliss-reactive ketones (excluding diaryl/α,β-unsaturated/α-hetero) is 1. The fourth-order valence-electron chi connectivity index (χ4n) is 3.58. The molecule has 0 spiro atoms. The molecule has 0 bridgehead atoms. The van der Waals surface area contributed by atoms with Crippen molar-refractivity contribution in [2.45, 2.75) is 38.6 Å². The van der Waals surface area contributed by atoms with Gasteiger partial charge in [0.25, 0.3) is 0 Å². The summed E-state index contributed by atoms with van der Waals surface area (Å²) in [5, 5.41) is 0. The highest BCUT2D eigenvalue weighted by Gasteiger charge is 2.25. The third-order valence-electron chi connectivity index (χ3n) is 4.97. The van der Waals surface area contributed by atoms with Crippen LogP contribution in [0.15, 0.2) is 42.9 Å². The first-order valence-electron chi connectivity index (χ1n) is 9.46. The van der Waals surface area contributed by atoms with Crippen LogP contribution in [0.4, 0.5) is 4.39 Å². The Hall–Kier alpha value is -3.09. The van der Waals surface area contributed by atoms with E-state index >= 15 is 0 Å². The first kappa shape index (κ1) is 18.3. The van der Waals surface area contributed by atoms with Gasteiger partial charge < -0.3 is 9.30 Å². The maximum atomic E-state index is 13.4. The minimum Gasteiger partial charge on any atom is -0.464 e. The van der Waals surface area contributed by atoms with Gasteiger partial charge in [0.1, 0.15) is 11.6 Å². The molecule has 1 fully saturated rings. The van der Waals surface area contributed by atoms with Gasteiger partial charge >= 0.3 is 6.01 Å². The highest BCUT2D eigenvalue weighted by atomic mass is 19.1. The molecule has 4 rings (SSSR count). The summed E-state index contributed by atoms with van der Waals surface area (Å²) in [7, 11) is 0. The molecule has 2 heterocycles. The number of ketones is 1. The number of carbonyl (C=O) groups excluding carboxylic acids is 1. The van der Waals surface area contributed by atoms with Crippen molar-refractivity contribution in [2.75, 3.05) is 6.61 Å². The van der Waals surface area contributed by atoms with E-state index < -0.39 is 0 Å². The van der Waals surface area contributed by atoms with Gasteiger partial charge in [-0.2, -0.15) is 4.98 Å². The minimum absolute atomic E-state index is 0.167. The van der Waals surface area contributed by atoms with Crippen LogP contribution in [-0.4, -0.2) is 31.9 Å². The molecule has 7 heteroatoms. The first-order valence-corrected chi connectivity index (χ1v) is 9.46. The van der Waals surface area contributed by atoms with Crippen LogP contribution in [0.25, 0.3) is 22.6 Å². The van der Waals surface area contributed by atoms with Crippen LogP contribution in [-0.2, 0) is 4.79 Å². The van der Waals surface area contributed by atoms with Gasteiger partial charge in [0, 0.05) is 30.6 Å². The lowest BCUT2D eigenvalue weighted by Crippen LogP contribution is -2.18. The molecule has 6 nitrogen and oxygen atoms in total. The Balaban J connectivity index is 1.82. The molecule has 0 amide bonds. The van der Waals surface area contributed by atoms with E-state index in [1.165, 1.54) is 12.1 Å². The lowest BCUT2D eigenvalue weighted by Gasteiger charge is -2.24. The van der Waals surface area contributed by atoms with Crippen molar-refractivity contribution in [3.63, 3.8) is 0 Å². The summed E-state index contributed by atoms with van der Waals surface area (Å²) >= 11 is 0. The third kappa shape index (κ3) is 3.65. The highest BCUT2D eigenvalue weighted by molar-refractivity contribution is 5.80. The fourth-order valence-corrected chi connectivity index (χ4v) is 3.58. The minimum atomic E-state index is -0.295. The zero-order chi connectivity index (χ0) is 19.5. The van der Waals surface area contributed by atoms with Gasteiger partial charge in [0.2, 0.25) is 0 Å². The van der Waals surface area contributed by atoms with Gasteiger partial charge in [-0.1, -0.05) is 0 Å². The molecule has 3 aromatic rings. The molecule has 0 aliphatic heterocycles. The van der Waals surface area contributed by atoms with Crippen molar-refractivity contribution in [2.24, 2.45) is 0 Å². The maximum absolute atomic E-state index is 13.4. The van der Waals surface area contributed by atoms with Crippen molar-refractivity contribution in [1.82, 2.24) is 19.5 Å². The third-order valence-corrected chi connectivity index (χ3v) is 4.97. The second-order valence-corrected chi connectivity index (χ2v) is 6.78. The topological polar surface area (TPSA) is 69.9 Å². The molecule has 0 radical (unpaired) electrons. The van der Waals surface area contributed by atoms with E-state index in [1.54, 1.807) is 24.7 Å². The summed E-state index contributed by atoms with van der Waals surface area (Å²) in [6.45, 7) is 2.35. The van der Waals surface area contributed by atoms with Crippen molar-refractivity contribution in [3.8, 4) is 28.7 Å². The Kier molecular flexibility index (Phi) is 5.14. The fraction of sp³-hybridized carbons (Fsp3) is 0.333. The second kappa shape index (κ2) is 7.88. The van der Waals surface area contributed by atoms with E-state index in [0.717, 1.165) is 29.8 Å². The van der Waals surface area contributed by atoms with Crippen LogP contribution in [0.3, 0.4) is 0 Å². The Bertz CT molecular complexity index is 974. The number of ether oxygens (including phenoxy) is 1. The summed E-state index contributed by atoms with van der Waals surface area (Å²) in [6, 6.07) is 8.54. The van der Waals surface area contributed by atoms with Crippen LogP contribution in [0, 0.1) is 5.82 Å². The first-order chi connectivity index (χ1) is 13.7. The van der Waals surface area contributed by atoms with Gasteiger partial charge in [-0.25, -0.2) is 14.4 Å². The van der Waals surface area contributed by atoms with Gasteiger partial charge in [0.05, 0.1) is 30.0 Å². The Morgan fingerprint density at radius 1 is 1.14 bits per heavy atom. The Labute approximate surface area is 162 Å². The van der Waals surface area contributed by atoms with Crippen LogP contribution in [0.1, 0.15) is 38.6 Å². The summed E-state index contributed by atoms with van der Waals surface area (Å²) in [5.41, 5.74) is 3.04. The highest BCUT2D eigenvalue weighted by Crippen LogP contribution is 2.36. The molecule has 144 valence electrons. The molecular weight excluding hydrogens is 359 g/mol. The van der Waals surface area contributed by atoms with E-state index in [-0.39, 0.29) is 11.9 Å². The molecule has 0 atom stereocenters. The van der Waals surface area contributed by atoms with E-state index in [1.807, 2.05) is 13.0 Å². The number of halogens is 1. The average molecular weight is 380 g/mol. The largest absolute Gasteiger partial charge is 0.464 e. The van der Waals surface area contributed by atoms with E-state index in [9.17, 15) is 9.18 Å². The summed E-state index contributed by atoms with van der Waals surface area (Å²) < 4.78 is 20.9. The predicted molar refractivity (Wildman–Crippen MR) is 102 cm³/mol. The summed E-state index contributed by atoms with van der Waals surface area (Å²) in [6.07, 6.45) is 6.13. The van der Waals surface area contributed by atoms with Crippen LogP contribution < -0.4 is 4.74 Å². The molecule has 0 N–H and O–H groups in total. The Morgan fingerprint density at radius 2 is 1.89 bits per heavy atom. The van der Waals surface area contributed by atoms with Crippen molar-refractivity contribution < 1.29 is 13.9 Å². The van der Waals surface area contributed by atoms with E-state index in [4.69, 9.17) is 4.74 Å². The summed E-state index contributed by atoms with van der Waals surface area (Å²) in [5.74, 6) is 0.00790. The monoisotopic (exact) mass is 380 g/mol. The predicted octanol–water partition coefficient (Wildman–Crippen LogP) is 4.23. The second-order valence-electron chi connectivity index (χ2n) is 6.78. The van der Waals surface area contributed by atoms with Crippen LogP contribution in [0.2, 0.25) is 0 Å². The quantitative estimate of drug-likeness (QED) is 0.662. The van der Waals surface area contributed by atoms with Crippen molar-refractivity contribution >= 4 is 5.78 Å². The normalized spacial score (nSPS) is 15.0. The molecule has 1 aromatic carbocycles. The molecule has 0 saturated heterocycles. The standard InChI is InChI=1S/C21H21FN4O2/c1-2-28-21-23-12-11-18(25-21)20-19(14-3-5-15(22)6-4-14)24-13-26(20)16-7-9-17(27)10-8-16/h3-6,11-13,16H,2,7-10H2,1H3. The number of aromatic nitrogens is 4. The lowest BCUT2D eigenvalue weighted by molar-refractivity contribution is -0.120. The van der Waals surface area contributed by atoms with Gasteiger partial charge in [-0.15, -0.1) is 0 Å². The molecule has 0 unspecified atom stereocenters. The zero-order valence-corrected chi connectivity index (χ0v) is 15.6. The number of rotatable bonds is 5. The van der Waals surface area contributed by atoms with Gasteiger partial charge in [-0.3, -0.25) is 4.79 Å². The number of imidazole rings is 1. The van der Waals surface area contributed by atoms with Gasteiger partial charge in [0.15, 0.2) is 0 Å². The maximum Gasteiger partial charge on any atom is 0.316 e. The molecule has 1 aliphatic carbocycles. The smallest absolute Gasteiger partial charge is 0.316 e. The number of carbonyl (C=O) groups is 1. The van der Waals surface area contributed by atoms with E-state index in [0.29, 0.717) is 36.9 Å². The number of benzene rings is 1. The van der Waals surface area contributed by atoms with Crippen LogP contribution in [0.5, 0.6) is 6.01 Å². The number of hydrogen-bond acceptors (Lipinski definition) is 5. The summed E-state index contributed by atoms with van der Waals surface area (Å²) in [4.78, 5) is 25.0.